The minimum Gasteiger partial charge on any atom is -0.389 e. The highest BCUT2D eigenvalue weighted by Crippen LogP contribution is 2.15. The molecular weight excluding hydrogens is 239 g/mol. The van der Waals surface area contributed by atoms with Gasteiger partial charge in [0.1, 0.15) is 10.8 Å². The van der Waals surface area contributed by atoms with Crippen LogP contribution in [0.1, 0.15) is 25.8 Å². The van der Waals surface area contributed by atoms with Crippen molar-refractivity contribution < 1.29 is 9.18 Å². The molecule has 0 bridgehead atoms. The Morgan fingerprint density at radius 1 is 1.53 bits per heavy atom. The second-order valence-electron chi connectivity index (χ2n) is 4.21. The summed E-state index contributed by atoms with van der Waals surface area (Å²) in [5.41, 5.74) is 6.01. The molecule has 1 rings (SSSR count). The van der Waals surface area contributed by atoms with Crippen LogP contribution in [0.3, 0.4) is 0 Å². The minimum atomic E-state index is -0.487. The van der Waals surface area contributed by atoms with Crippen molar-refractivity contribution in [1.29, 1.82) is 0 Å². The summed E-state index contributed by atoms with van der Waals surface area (Å²) in [4.78, 5) is 11.5. The number of carbonyl (C=O) groups is 1. The average Bonchev–Trinajstić information content (AvgIpc) is 2.19. The lowest BCUT2D eigenvalue weighted by Crippen LogP contribution is -2.16. The summed E-state index contributed by atoms with van der Waals surface area (Å²) in [5, 5.41) is 2.67. The first-order chi connectivity index (χ1) is 7.90. The van der Waals surface area contributed by atoms with Crippen LogP contribution in [0.4, 0.5) is 10.1 Å². The number of amides is 1. The molecule has 0 radical (unpaired) electrons. The number of benzene rings is 1. The van der Waals surface area contributed by atoms with Gasteiger partial charge < -0.3 is 11.1 Å². The van der Waals surface area contributed by atoms with Gasteiger partial charge in [-0.25, -0.2) is 4.39 Å². The smallest absolute Gasteiger partial charge is 0.224 e. The maximum Gasteiger partial charge on any atom is 0.224 e. The number of hydrogen-bond acceptors (Lipinski definition) is 2. The molecule has 0 aliphatic heterocycles. The van der Waals surface area contributed by atoms with E-state index in [0.29, 0.717) is 12.1 Å². The van der Waals surface area contributed by atoms with E-state index in [1.54, 1.807) is 0 Å². The van der Waals surface area contributed by atoms with Crippen molar-refractivity contribution in [2.24, 2.45) is 11.7 Å². The molecule has 17 heavy (non-hydrogen) atoms. The molecule has 0 heterocycles. The molecule has 0 atom stereocenters. The SMILES string of the molecule is CC(C)CC(=O)Nc1ccc(F)c(C(N)=S)c1. The lowest BCUT2D eigenvalue weighted by atomic mass is 10.1. The fraction of sp³-hybridized carbons (Fsp3) is 0.333. The fourth-order valence-corrected chi connectivity index (χ4v) is 1.53. The van der Waals surface area contributed by atoms with Crippen LogP contribution in [0.25, 0.3) is 0 Å². The van der Waals surface area contributed by atoms with Crippen LogP contribution < -0.4 is 11.1 Å². The summed E-state index contributed by atoms with van der Waals surface area (Å²) < 4.78 is 13.3. The van der Waals surface area contributed by atoms with Crippen LogP contribution in [0.2, 0.25) is 0 Å². The monoisotopic (exact) mass is 254 g/mol. The van der Waals surface area contributed by atoms with Crippen LogP contribution in [0, 0.1) is 11.7 Å². The average molecular weight is 254 g/mol. The number of thiocarbonyl (C=S) groups is 1. The second kappa shape index (κ2) is 5.72. The Morgan fingerprint density at radius 3 is 2.71 bits per heavy atom. The standard InChI is InChI=1S/C12H15FN2OS/c1-7(2)5-11(16)15-8-3-4-10(13)9(6-8)12(14)17/h3-4,6-7H,5H2,1-2H3,(H2,14,17)(H,15,16). The molecule has 1 amide bonds. The minimum absolute atomic E-state index is 0.0255. The van der Waals surface area contributed by atoms with Gasteiger partial charge in [0.25, 0.3) is 0 Å². The molecule has 92 valence electrons. The molecule has 0 saturated carbocycles. The molecule has 0 aromatic heterocycles. The Labute approximate surface area is 105 Å². The Morgan fingerprint density at radius 2 is 2.18 bits per heavy atom. The third kappa shape index (κ3) is 4.11. The van der Waals surface area contributed by atoms with Crippen molar-refractivity contribution in [2.45, 2.75) is 20.3 Å². The first-order valence-corrected chi connectivity index (χ1v) is 5.70. The molecule has 0 fully saturated rings. The first-order valence-electron chi connectivity index (χ1n) is 5.29. The zero-order valence-electron chi connectivity index (χ0n) is 9.79. The summed E-state index contributed by atoms with van der Waals surface area (Å²) in [5.74, 6) is -0.328. The Kier molecular flexibility index (Phi) is 4.57. The van der Waals surface area contributed by atoms with E-state index < -0.39 is 5.82 Å². The van der Waals surface area contributed by atoms with Gasteiger partial charge in [0.05, 0.1) is 0 Å². The van der Waals surface area contributed by atoms with Gasteiger partial charge in [0.2, 0.25) is 5.91 Å². The van der Waals surface area contributed by atoms with Crippen LogP contribution in [0.15, 0.2) is 18.2 Å². The van der Waals surface area contributed by atoms with E-state index in [-0.39, 0.29) is 22.4 Å². The molecular formula is C12H15FN2OS. The summed E-state index contributed by atoms with van der Waals surface area (Å²) in [6.07, 6.45) is 0.416. The van der Waals surface area contributed by atoms with E-state index in [1.807, 2.05) is 13.8 Å². The van der Waals surface area contributed by atoms with Gasteiger partial charge in [-0.3, -0.25) is 4.79 Å². The fourth-order valence-electron chi connectivity index (χ4n) is 1.37. The maximum atomic E-state index is 13.3. The van der Waals surface area contributed by atoms with Gasteiger partial charge in [0.15, 0.2) is 0 Å². The number of rotatable bonds is 4. The number of hydrogen-bond donors (Lipinski definition) is 2. The molecule has 1 aromatic carbocycles. The van der Waals surface area contributed by atoms with Crippen molar-refractivity contribution in [3.63, 3.8) is 0 Å². The third-order valence-corrected chi connectivity index (χ3v) is 2.33. The normalized spacial score (nSPS) is 10.4. The number of nitrogens with two attached hydrogens (primary N) is 1. The van der Waals surface area contributed by atoms with Crippen LogP contribution in [-0.4, -0.2) is 10.9 Å². The summed E-state index contributed by atoms with van der Waals surface area (Å²) in [6, 6.07) is 4.16. The van der Waals surface area contributed by atoms with E-state index in [4.69, 9.17) is 18.0 Å². The maximum absolute atomic E-state index is 13.3. The molecule has 5 heteroatoms. The Balaban J connectivity index is 2.82. The molecule has 0 aliphatic carbocycles. The number of halogens is 1. The first kappa shape index (κ1) is 13.6. The third-order valence-electron chi connectivity index (χ3n) is 2.11. The lowest BCUT2D eigenvalue weighted by Gasteiger charge is -2.09. The van der Waals surface area contributed by atoms with Crippen molar-refractivity contribution in [1.82, 2.24) is 0 Å². The van der Waals surface area contributed by atoms with Crippen molar-refractivity contribution in [3.05, 3.63) is 29.6 Å². The van der Waals surface area contributed by atoms with Crippen molar-refractivity contribution in [3.8, 4) is 0 Å². The molecule has 0 aliphatic rings. The predicted octanol–water partition coefficient (Wildman–Crippen LogP) is 2.44. The Bertz CT molecular complexity index is 446. The second-order valence-corrected chi connectivity index (χ2v) is 4.64. The highest BCUT2D eigenvalue weighted by molar-refractivity contribution is 7.80. The molecule has 1 aromatic rings. The quantitative estimate of drug-likeness (QED) is 0.811. The van der Waals surface area contributed by atoms with Crippen LogP contribution >= 0.6 is 12.2 Å². The van der Waals surface area contributed by atoms with Gasteiger partial charge in [-0.1, -0.05) is 26.1 Å². The number of nitrogens with one attached hydrogen (secondary N) is 1. The lowest BCUT2D eigenvalue weighted by molar-refractivity contribution is -0.116. The summed E-state index contributed by atoms with van der Waals surface area (Å²) in [6.45, 7) is 3.90. The predicted molar refractivity (Wildman–Crippen MR) is 70.4 cm³/mol. The molecule has 0 unspecified atom stereocenters. The summed E-state index contributed by atoms with van der Waals surface area (Å²) >= 11 is 4.72. The Hall–Kier alpha value is -1.49. The van der Waals surface area contributed by atoms with Crippen LogP contribution in [0.5, 0.6) is 0 Å². The zero-order valence-corrected chi connectivity index (χ0v) is 10.6. The molecule has 0 spiro atoms. The molecule has 3 N–H and O–H groups in total. The van der Waals surface area contributed by atoms with Gasteiger partial charge in [-0.2, -0.15) is 0 Å². The highest BCUT2D eigenvalue weighted by Gasteiger charge is 2.09. The van der Waals surface area contributed by atoms with Crippen LogP contribution in [-0.2, 0) is 4.79 Å². The van der Waals surface area contributed by atoms with E-state index in [1.165, 1.54) is 18.2 Å². The van der Waals surface area contributed by atoms with E-state index >= 15 is 0 Å². The summed E-state index contributed by atoms with van der Waals surface area (Å²) in [7, 11) is 0. The van der Waals surface area contributed by atoms with Gasteiger partial charge in [0, 0.05) is 17.7 Å². The number of carbonyl (C=O) groups excluding carboxylic acids is 1. The van der Waals surface area contributed by atoms with E-state index in [9.17, 15) is 9.18 Å². The largest absolute Gasteiger partial charge is 0.389 e. The van der Waals surface area contributed by atoms with Gasteiger partial charge >= 0.3 is 0 Å². The topological polar surface area (TPSA) is 55.1 Å². The van der Waals surface area contributed by atoms with Gasteiger partial charge in [-0.15, -0.1) is 0 Å². The van der Waals surface area contributed by atoms with Crippen molar-refractivity contribution >= 4 is 28.8 Å². The highest BCUT2D eigenvalue weighted by atomic mass is 32.1. The zero-order chi connectivity index (χ0) is 13.0. The van der Waals surface area contributed by atoms with Gasteiger partial charge in [-0.05, 0) is 24.1 Å². The van der Waals surface area contributed by atoms with E-state index in [2.05, 4.69) is 5.32 Å². The molecule has 0 saturated heterocycles. The van der Waals surface area contributed by atoms with Crippen molar-refractivity contribution in [2.75, 3.05) is 5.32 Å². The number of anilines is 1. The molecule has 3 nitrogen and oxygen atoms in total. The van der Waals surface area contributed by atoms with E-state index in [0.717, 1.165) is 0 Å².